The zero-order valence-electron chi connectivity index (χ0n) is 13.8. The molecular formula is C18H13ClN2O3S3. The zero-order chi connectivity index (χ0) is 18.9. The highest BCUT2D eigenvalue weighted by atomic mass is 35.5. The van der Waals surface area contributed by atoms with Crippen molar-refractivity contribution < 1.29 is 13.2 Å². The van der Waals surface area contributed by atoms with Crippen LogP contribution in [0.25, 0.3) is 10.2 Å². The van der Waals surface area contributed by atoms with E-state index < -0.39 is 9.84 Å². The van der Waals surface area contributed by atoms with Gasteiger partial charge in [-0.05, 0) is 36.4 Å². The molecule has 0 atom stereocenters. The predicted octanol–water partition coefficient (Wildman–Crippen LogP) is 4.96. The lowest BCUT2D eigenvalue weighted by atomic mass is 10.3. The molecule has 138 valence electrons. The number of hydrogen-bond acceptors (Lipinski definition) is 7. The molecule has 0 saturated heterocycles. The summed E-state index contributed by atoms with van der Waals surface area (Å²) in [7, 11) is -3.54. The Morgan fingerprint density at radius 2 is 1.81 bits per heavy atom. The smallest absolute Gasteiger partial charge is 0.211 e. The van der Waals surface area contributed by atoms with E-state index >= 15 is 0 Å². The van der Waals surface area contributed by atoms with E-state index in [9.17, 15) is 8.42 Å². The standard InChI is InChI=1S/C18H13ClN2O3S3/c19-12-5-7-14(8-6-12)24-9-17-20-13(10-25-17)11-27(22,23)18-21-15-3-1-2-4-16(15)26-18/h1-8,10H,9,11H2. The van der Waals surface area contributed by atoms with Crippen LogP contribution in [0.5, 0.6) is 5.75 Å². The van der Waals surface area contributed by atoms with Crippen LogP contribution in [0.2, 0.25) is 5.02 Å². The maximum atomic E-state index is 12.7. The third kappa shape index (κ3) is 4.30. The number of aromatic nitrogens is 2. The summed E-state index contributed by atoms with van der Waals surface area (Å²) in [4.78, 5) is 8.61. The lowest BCUT2D eigenvalue weighted by molar-refractivity contribution is 0.305. The van der Waals surface area contributed by atoms with Gasteiger partial charge >= 0.3 is 0 Å². The molecule has 4 aromatic rings. The van der Waals surface area contributed by atoms with Gasteiger partial charge < -0.3 is 4.74 Å². The van der Waals surface area contributed by atoms with Crippen molar-refractivity contribution in [3.05, 3.63) is 69.6 Å². The average molecular weight is 437 g/mol. The molecule has 0 aliphatic rings. The number of halogens is 1. The summed E-state index contributed by atoms with van der Waals surface area (Å²) in [5.41, 5.74) is 1.19. The first-order chi connectivity index (χ1) is 13.0. The summed E-state index contributed by atoms with van der Waals surface area (Å²) in [5, 5.41) is 3.09. The van der Waals surface area contributed by atoms with Crippen LogP contribution in [0.1, 0.15) is 10.7 Å². The number of ether oxygens (including phenoxy) is 1. The first-order valence-corrected chi connectivity index (χ1v) is 11.6. The van der Waals surface area contributed by atoms with Crippen LogP contribution in [-0.2, 0) is 22.2 Å². The summed E-state index contributed by atoms with van der Waals surface area (Å²) < 4.78 is 31.9. The van der Waals surface area contributed by atoms with Crippen molar-refractivity contribution in [1.29, 1.82) is 0 Å². The van der Waals surface area contributed by atoms with Gasteiger partial charge in [0.2, 0.25) is 14.2 Å². The Hall–Kier alpha value is -2.00. The summed E-state index contributed by atoms with van der Waals surface area (Å²) in [6.45, 7) is 0.271. The summed E-state index contributed by atoms with van der Waals surface area (Å²) in [5.74, 6) is 0.503. The van der Waals surface area contributed by atoms with Crippen LogP contribution in [0.3, 0.4) is 0 Å². The summed E-state index contributed by atoms with van der Waals surface area (Å²) >= 11 is 8.39. The fraction of sp³-hybridized carbons (Fsp3) is 0.111. The van der Waals surface area contributed by atoms with Crippen molar-refractivity contribution in [3.8, 4) is 5.75 Å². The number of hydrogen-bond donors (Lipinski definition) is 0. The molecule has 2 aromatic carbocycles. The van der Waals surface area contributed by atoms with E-state index in [4.69, 9.17) is 16.3 Å². The molecule has 0 radical (unpaired) electrons. The summed E-state index contributed by atoms with van der Waals surface area (Å²) in [6, 6.07) is 14.4. The average Bonchev–Trinajstić information content (AvgIpc) is 3.28. The molecule has 27 heavy (non-hydrogen) atoms. The van der Waals surface area contributed by atoms with Crippen molar-refractivity contribution in [3.63, 3.8) is 0 Å². The van der Waals surface area contributed by atoms with Crippen molar-refractivity contribution >= 4 is 54.3 Å². The molecule has 0 saturated carbocycles. The topological polar surface area (TPSA) is 69.2 Å². The van der Waals surface area contributed by atoms with Gasteiger partial charge in [-0.1, -0.05) is 23.7 Å². The Kier molecular flexibility index (Phi) is 5.14. The van der Waals surface area contributed by atoms with Crippen LogP contribution in [0, 0.1) is 0 Å². The Balaban J connectivity index is 1.45. The van der Waals surface area contributed by atoms with Gasteiger partial charge in [-0.3, -0.25) is 0 Å². The van der Waals surface area contributed by atoms with Gasteiger partial charge in [-0.2, -0.15) is 0 Å². The molecule has 0 amide bonds. The number of rotatable bonds is 6. The Morgan fingerprint density at radius 3 is 2.59 bits per heavy atom. The van der Waals surface area contributed by atoms with Gasteiger partial charge in [0.15, 0.2) is 0 Å². The van der Waals surface area contributed by atoms with Crippen LogP contribution >= 0.6 is 34.3 Å². The van der Waals surface area contributed by atoms with E-state index in [1.165, 1.54) is 22.7 Å². The second kappa shape index (κ2) is 7.55. The highest BCUT2D eigenvalue weighted by molar-refractivity contribution is 7.92. The number of sulfone groups is 1. The molecule has 4 rings (SSSR count). The van der Waals surface area contributed by atoms with Gasteiger partial charge in [-0.25, -0.2) is 18.4 Å². The normalized spacial score (nSPS) is 11.7. The minimum absolute atomic E-state index is 0.121. The number of benzene rings is 2. The number of para-hydroxylation sites is 1. The van der Waals surface area contributed by atoms with E-state index in [1.807, 2.05) is 18.2 Å². The van der Waals surface area contributed by atoms with Crippen LogP contribution in [-0.4, -0.2) is 18.4 Å². The maximum absolute atomic E-state index is 12.7. The lowest BCUT2D eigenvalue weighted by Gasteiger charge is -2.03. The second-order valence-electron chi connectivity index (χ2n) is 5.68. The van der Waals surface area contributed by atoms with Crippen molar-refractivity contribution in [2.45, 2.75) is 16.7 Å². The van der Waals surface area contributed by atoms with Gasteiger partial charge in [0.1, 0.15) is 23.1 Å². The van der Waals surface area contributed by atoms with E-state index in [0.29, 0.717) is 27.0 Å². The third-order valence-corrected chi connectivity index (χ3v) is 7.92. The molecule has 5 nitrogen and oxygen atoms in total. The Labute approximate surface area is 169 Å². The molecule has 0 aliphatic heterocycles. The molecule has 0 spiro atoms. The first kappa shape index (κ1) is 18.4. The van der Waals surface area contributed by atoms with E-state index in [2.05, 4.69) is 9.97 Å². The molecule has 0 N–H and O–H groups in total. The largest absolute Gasteiger partial charge is 0.486 e. The van der Waals surface area contributed by atoms with Gasteiger partial charge in [0.05, 0.1) is 15.9 Å². The second-order valence-corrected chi connectivity index (χ2v) is 10.3. The minimum atomic E-state index is -3.54. The highest BCUT2D eigenvalue weighted by Gasteiger charge is 2.22. The van der Waals surface area contributed by atoms with E-state index in [0.717, 1.165) is 4.70 Å². The molecule has 0 unspecified atom stereocenters. The van der Waals surface area contributed by atoms with E-state index in [1.54, 1.807) is 35.7 Å². The number of thiazole rings is 2. The Morgan fingerprint density at radius 1 is 1.04 bits per heavy atom. The third-order valence-electron chi connectivity index (χ3n) is 3.65. The highest BCUT2D eigenvalue weighted by Crippen LogP contribution is 2.28. The number of fused-ring (bicyclic) bond motifs is 1. The molecule has 2 aromatic heterocycles. The molecule has 0 fully saturated rings. The quantitative estimate of drug-likeness (QED) is 0.427. The molecular weight excluding hydrogens is 424 g/mol. The van der Waals surface area contributed by atoms with Gasteiger partial charge in [-0.15, -0.1) is 22.7 Å². The molecule has 0 aliphatic carbocycles. The van der Waals surface area contributed by atoms with Gasteiger partial charge in [0.25, 0.3) is 0 Å². The summed E-state index contributed by atoms with van der Waals surface area (Å²) in [6.07, 6.45) is 0. The van der Waals surface area contributed by atoms with Crippen LogP contribution in [0.4, 0.5) is 0 Å². The fourth-order valence-electron chi connectivity index (χ4n) is 2.40. The maximum Gasteiger partial charge on any atom is 0.211 e. The minimum Gasteiger partial charge on any atom is -0.486 e. The Bertz CT molecular complexity index is 1150. The van der Waals surface area contributed by atoms with Crippen molar-refractivity contribution in [1.82, 2.24) is 9.97 Å². The van der Waals surface area contributed by atoms with Crippen LogP contribution in [0.15, 0.2) is 58.3 Å². The van der Waals surface area contributed by atoms with Crippen molar-refractivity contribution in [2.24, 2.45) is 0 Å². The predicted molar refractivity (Wildman–Crippen MR) is 108 cm³/mol. The van der Waals surface area contributed by atoms with E-state index in [-0.39, 0.29) is 16.7 Å². The molecule has 0 bridgehead atoms. The SMILES string of the molecule is O=S(=O)(Cc1csc(COc2ccc(Cl)cc2)n1)c1nc2ccccc2s1. The molecule has 2 heterocycles. The van der Waals surface area contributed by atoms with Crippen LogP contribution < -0.4 is 4.74 Å². The van der Waals surface area contributed by atoms with Crippen molar-refractivity contribution in [2.75, 3.05) is 0 Å². The first-order valence-electron chi connectivity index (χ1n) is 7.89. The fourth-order valence-corrected chi connectivity index (χ4v) is 5.88. The molecule has 9 heteroatoms. The number of nitrogens with zero attached hydrogens (tertiary/aromatic N) is 2. The van der Waals surface area contributed by atoms with Gasteiger partial charge in [0, 0.05) is 10.4 Å². The monoisotopic (exact) mass is 436 g/mol. The zero-order valence-corrected chi connectivity index (χ0v) is 17.0. The lowest BCUT2D eigenvalue weighted by Crippen LogP contribution is -2.05.